The van der Waals surface area contributed by atoms with Crippen molar-refractivity contribution < 1.29 is 13.2 Å². The van der Waals surface area contributed by atoms with Crippen LogP contribution in [0.1, 0.15) is 49.3 Å². The van der Waals surface area contributed by atoms with Gasteiger partial charge in [0, 0.05) is 12.2 Å². The van der Waals surface area contributed by atoms with Gasteiger partial charge in [0.1, 0.15) is 11.9 Å². The van der Waals surface area contributed by atoms with Crippen LogP contribution in [0, 0.1) is 11.8 Å². The van der Waals surface area contributed by atoms with Gasteiger partial charge < -0.3 is 4.74 Å². The first-order chi connectivity index (χ1) is 12.5. The molecule has 2 aromatic rings. The molecule has 4 heteroatoms. The van der Waals surface area contributed by atoms with E-state index in [0.29, 0.717) is 10.8 Å². The van der Waals surface area contributed by atoms with Gasteiger partial charge in [-0.15, -0.1) is 0 Å². The first kappa shape index (κ1) is 17.6. The Balaban J connectivity index is 1.56. The summed E-state index contributed by atoms with van der Waals surface area (Å²) in [4.78, 5) is 0.333. The van der Waals surface area contributed by atoms with Crippen molar-refractivity contribution in [3.05, 3.63) is 59.7 Å². The quantitative estimate of drug-likeness (QED) is 0.747. The lowest BCUT2D eigenvalue weighted by atomic mass is 9.89. The van der Waals surface area contributed by atoms with Crippen molar-refractivity contribution in [3.63, 3.8) is 0 Å². The molecule has 0 amide bonds. The van der Waals surface area contributed by atoms with Gasteiger partial charge >= 0.3 is 0 Å². The normalized spacial score (nSPS) is 23.1. The molecule has 2 aliphatic rings. The Labute approximate surface area is 156 Å². The summed E-state index contributed by atoms with van der Waals surface area (Å²) in [5.41, 5.74) is 2.69. The zero-order valence-electron chi connectivity index (χ0n) is 15.2. The summed E-state index contributed by atoms with van der Waals surface area (Å²) in [5.74, 6) is 2.08. The fourth-order valence-electron chi connectivity index (χ4n) is 4.59. The lowest BCUT2D eigenvalue weighted by Crippen LogP contribution is -2.17. The molecule has 4 rings (SSSR count). The highest BCUT2D eigenvalue weighted by atomic mass is 32.2. The van der Waals surface area contributed by atoms with Gasteiger partial charge in [-0.3, -0.25) is 0 Å². The summed E-state index contributed by atoms with van der Waals surface area (Å²) < 4.78 is 29.7. The third-order valence-electron chi connectivity index (χ3n) is 5.90. The Morgan fingerprint density at radius 3 is 2.38 bits per heavy atom. The van der Waals surface area contributed by atoms with E-state index in [-0.39, 0.29) is 6.10 Å². The fraction of sp³-hybridized carbons (Fsp3) is 0.455. The second-order valence-electron chi connectivity index (χ2n) is 7.83. The molecule has 0 aliphatic heterocycles. The Morgan fingerprint density at radius 1 is 1.00 bits per heavy atom. The van der Waals surface area contributed by atoms with Gasteiger partial charge in [0.15, 0.2) is 9.84 Å². The second-order valence-corrected chi connectivity index (χ2v) is 9.85. The van der Waals surface area contributed by atoms with E-state index >= 15 is 0 Å². The van der Waals surface area contributed by atoms with E-state index < -0.39 is 9.84 Å². The highest BCUT2D eigenvalue weighted by Crippen LogP contribution is 2.44. The molecule has 138 valence electrons. The molecule has 2 aliphatic carbocycles. The van der Waals surface area contributed by atoms with Crippen LogP contribution in [0.15, 0.2) is 53.4 Å². The highest BCUT2D eigenvalue weighted by Gasteiger charge is 2.36. The molecular formula is C22H26O3S. The molecule has 0 unspecified atom stereocenters. The number of benzene rings is 2. The Bertz CT molecular complexity index is 865. The van der Waals surface area contributed by atoms with Crippen LogP contribution in [0.4, 0.5) is 0 Å². The molecule has 0 bridgehead atoms. The fourth-order valence-corrected chi connectivity index (χ4v) is 5.22. The molecule has 3 nitrogen and oxygen atoms in total. The average molecular weight is 371 g/mol. The van der Waals surface area contributed by atoms with Crippen LogP contribution in [0.3, 0.4) is 0 Å². The zero-order valence-corrected chi connectivity index (χ0v) is 16.0. The van der Waals surface area contributed by atoms with Gasteiger partial charge in [-0.05, 0) is 54.2 Å². The van der Waals surface area contributed by atoms with Crippen LogP contribution >= 0.6 is 0 Å². The number of sulfone groups is 1. The monoisotopic (exact) mass is 370 g/mol. The number of fused-ring (bicyclic) bond motifs is 1. The van der Waals surface area contributed by atoms with Gasteiger partial charge in [0.2, 0.25) is 0 Å². The van der Waals surface area contributed by atoms with Crippen molar-refractivity contribution >= 4 is 9.84 Å². The van der Waals surface area contributed by atoms with Crippen LogP contribution in [-0.4, -0.2) is 14.7 Å². The standard InChI is InChI=1S/C22H26O3S/c1-26(23,24)20-12-10-19(11-13-20)25-22-18(14-16-6-2-3-7-16)15-17-8-4-5-9-21(17)22/h4-5,8-13,16,18,22H,2-3,6-7,14-15H2,1H3/t18-,22+/m0/s1. The Hall–Kier alpha value is -1.81. The number of hydrogen-bond acceptors (Lipinski definition) is 3. The van der Waals surface area contributed by atoms with Crippen LogP contribution in [-0.2, 0) is 16.3 Å². The van der Waals surface area contributed by atoms with E-state index in [0.717, 1.165) is 18.1 Å². The van der Waals surface area contributed by atoms with Gasteiger partial charge in [-0.25, -0.2) is 8.42 Å². The van der Waals surface area contributed by atoms with Crippen molar-refractivity contribution in [2.75, 3.05) is 6.26 Å². The number of rotatable bonds is 5. The molecule has 0 radical (unpaired) electrons. The zero-order chi connectivity index (χ0) is 18.1. The van der Waals surface area contributed by atoms with Crippen molar-refractivity contribution in [2.45, 2.75) is 49.5 Å². The number of hydrogen-bond donors (Lipinski definition) is 0. The second kappa shape index (κ2) is 7.07. The predicted molar refractivity (Wildman–Crippen MR) is 103 cm³/mol. The molecule has 0 N–H and O–H groups in total. The van der Waals surface area contributed by atoms with Crippen LogP contribution < -0.4 is 4.74 Å². The molecule has 26 heavy (non-hydrogen) atoms. The van der Waals surface area contributed by atoms with Crippen LogP contribution in [0.25, 0.3) is 0 Å². The van der Waals surface area contributed by atoms with Gasteiger partial charge in [0.25, 0.3) is 0 Å². The van der Waals surface area contributed by atoms with E-state index in [1.165, 1.54) is 49.5 Å². The Morgan fingerprint density at radius 2 is 1.69 bits per heavy atom. The van der Waals surface area contributed by atoms with Crippen molar-refractivity contribution in [2.24, 2.45) is 11.8 Å². The number of ether oxygens (including phenoxy) is 1. The van der Waals surface area contributed by atoms with E-state index in [2.05, 4.69) is 24.3 Å². The predicted octanol–water partition coefficient (Wildman–Crippen LogP) is 4.96. The lowest BCUT2D eigenvalue weighted by Gasteiger charge is -2.24. The summed E-state index contributed by atoms with van der Waals surface area (Å²) in [6.45, 7) is 0. The molecule has 0 aromatic heterocycles. The molecule has 0 heterocycles. The average Bonchev–Trinajstić information content (AvgIpc) is 3.24. The summed E-state index contributed by atoms with van der Waals surface area (Å²) in [6.07, 6.45) is 9.03. The van der Waals surface area contributed by atoms with Crippen LogP contribution in [0.5, 0.6) is 5.75 Å². The first-order valence-corrected chi connectivity index (χ1v) is 11.4. The van der Waals surface area contributed by atoms with E-state index in [4.69, 9.17) is 4.74 Å². The molecule has 1 saturated carbocycles. The van der Waals surface area contributed by atoms with E-state index in [1.54, 1.807) is 24.3 Å². The summed E-state index contributed by atoms with van der Waals surface area (Å²) in [6, 6.07) is 15.4. The minimum atomic E-state index is -3.18. The van der Waals surface area contributed by atoms with Crippen molar-refractivity contribution in [1.29, 1.82) is 0 Å². The smallest absolute Gasteiger partial charge is 0.175 e. The Kier molecular flexibility index (Phi) is 4.78. The SMILES string of the molecule is CS(=O)(=O)c1ccc(O[C@H]2c3ccccc3C[C@@H]2CC2CCCC2)cc1. The third-order valence-corrected chi connectivity index (χ3v) is 7.03. The lowest BCUT2D eigenvalue weighted by molar-refractivity contribution is 0.131. The van der Waals surface area contributed by atoms with Gasteiger partial charge in [-0.1, -0.05) is 49.9 Å². The first-order valence-electron chi connectivity index (χ1n) is 9.55. The topological polar surface area (TPSA) is 43.4 Å². The maximum absolute atomic E-state index is 11.7. The third kappa shape index (κ3) is 3.66. The largest absolute Gasteiger partial charge is 0.485 e. The summed E-state index contributed by atoms with van der Waals surface area (Å²) in [7, 11) is -3.18. The minimum absolute atomic E-state index is 0.0656. The maximum Gasteiger partial charge on any atom is 0.175 e. The summed E-state index contributed by atoms with van der Waals surface area (Å²) >= 11 is 0. The molecule has 1 fully saturated rings. The van der Waals surface area contributed by atoms with Crippen molar-refractivity contribution in [3.8, 4) is 5.75 Å². The van der Waals surface area contributed by atoms with Gasteiger partial charge in [0.05, 0.1) is 4.90 Å². The summed E-state index contributed by atoms with van der Waals surface area (Å²) in [5, 5.41) is 0. The molecular weight excluding hydrogens is 344 g/mol. The molecule has 0 saturated heterocycles. The molecule has 0 spiro atoms. The highest BCUT2D eigenvalue weighted by molar-refractivity contribution is 7.90. The van der Waals surface area contributed by atoms with Crippen molar-refractivity contribution in [1.82, 2.24) is 0 Å². The van der Waals surface area contributed by atoms with E-state index in [9.17, 15) is 8.42 Å². The minimum Gasteiger partial charge on any atom is -0.485 e. The molecule has 2 aromatic carbocycles. The molecule has 2 atom stereocenters. The maximum atomic E-state index is 11.7. The van der Waals surface area contributed by atoms with Gasteiger partial charge in [-0.2, -0.15) is 0 Å². The van der Waals surface area contributed by atoms with E-state index in [1.807, 2.05) is 0 Å². The van der Waals surface area contributed by atoms with Crippen LogP contribution in [0.2, 0.25) is 0 Å².